The third-order valence-electron chi connectivity index (χ3n) is 11.0. The van der Waals surface area contributed by atoms with Gasteiger partial charge in [0.25, 0.3) is 15.9 Å². The molecular weight excluding hydrogens is 821 g/mol. The highest BCUT2D eigenvalue weighted by Crippen LogP contribution is 2.46. The molecule has 2 aliphatic heterocycles. The third kappa shape index (κ3) is 10.1. The van der Waals surface area contributed by atoms with E-state index in [1.54, 1.807) is 43.5 Å². The van der Waals surface area contributed by atoms with E-state index in [1.807, 2.05) is 37.4 Å². The number of nitrogens with zero attached hydrogens (tertiary/aromatic N) is 3. The molecule has 2 aromatic carbocycles. The van der Waals surface area contributed by atoms with E-state index < -0.39 is 51.3 Å². The number of amides is 4. The molecule has 18 heteroatoms. The van der Waals surface area contributed by atoms with Gasteiger partial charge in [-0.1, -0.05) is 30.7 Å². The Hall–Kier alpha value is -5.75. The van der Waals surface area contributed by atoms with Crippen molar-refractivity contribution in [1.82, 2.24) is 30.2 Å². The summed E-state index contributed by atoms with van der Waals surface area (Å²) in [6.45, 7) is 6.04. The fraction of sp³-hybridized carbons (Fsp3) is 0.442. The lowest BCUT2D eigenvalue weighted by Gasteiger charge is -2.26. The highest BCUT2D eigenvalue weighted by Gasteiger charge is 2.61. The smallest absolute Gasteiger partial charge is 0.266 e. The number of pyridine rings is 1. The number of para-hydroxylation sites is 1. The lowest BCUT2D eigenvalue weighted by Crippen LogP contribution is -2.56. The van der Waals surface area contributed by atoms with Crippen LogP contribution in [0, 0.1) is 5.92 Å². The fourth-order valence-electron chi connectivity index (χ4n) is 7.76. The topological polar surface area (TPSA) is 210 Å². The number of aromatic nitrogens is 2. The van der Waals surface area contributed by atoms with Gasteiger partial charge in [0.1, 0.15) is 39.8 Å². The van der Waals surface area contributed by atoms with Gasteiger partial charge in [-0.2, -0.15) is 0 Å². The molecule has 0 spiro atoms. The summed E-state index contributed by atoms with van der Waals surface area (Å²) in [6, 6.07) is 12.7. The van der Waals surface area contributed by atoms with Crippen molar-refractivity contribution >= 4 is 66.7 Å². The Morgan fingerprint density at radius 1 is 1.07 bits per heavy atom. The molecule has 0 bridgehead atoms. The van der Waals surface area contributed by atoms with Crippen LogP contribution in [0.25, 0.3) is 22.3 Å². The number of sulfonamides is 1. The maximum absolute atomic E-state index is 14.5. The van der Waals surface area contributed by atoms with E-state index in [4.69, 9.17) is 19.4 Å². The van der Waals surface area contributed by atoms with Crippen LogP contribution in [0.1, 0.15) is 65.7 Å². The second-order valence-electron chi connectivity index (χ2n) is 15.9. The predicted octanol–water partition coefficient (Wildman–Crippen LogP) is 4.98. The van der Waals surface area contributed by atoms with Gasteiger partial charge in [-0.05, 0) is 63.8 Å². The first-order chi connectivity index (χ1) is 29.3. The molecule has 324 valence electrons. The van der Waals surface area contributed by atoms with Gasteiger partial charge in [0, 0.05) is 67.7 Å². The van der Waals surface area contributed by atoms with Crippen LogP contribution in [0.5, 0.6) is 11.5 Å². The van der Waals surface area contributed by atoms with Gasteiger partial charge < -0.3 is 35.6 Å². The number of hydrogen-bond acceptors (Lipinski definition) is 13. The molecule has 0 unspecified atom stereocenters. The summed E-state index contributed by atoms with van der Waals surface area (Å²) in [4.78, 5) is 65.2. The Bertz CT molecular complexity index is 2440. The minimum Gasteiger partial charge on any atom is -0.497 e. The van der Waals surface area contributed by atoms with Gasteiger partial charge in [0.15, 0.2) is 5.13 Å². The normalized spacial score (nSPS) is 22.4. The van der Waals surface area contributed by atoms with Gasteiger partial charge in [0.2, 0.25) is 17.7 Å². The van der Waals surface area contributed by atoms with E-state index in [1.165, 1.54) is 29.2 Å². The average molecular weight is 873 g/mol. The molecule has 4 atom stereocenters. The Labute approximate surface area is 359 Å². The van der Waals surface area contributed by atoms with Crippen molar-refractivity contribution in [3.05, 3.63) is 66.1 Å². The number of thiazole rings is 1. The maximum atomic E-state index is 14.5. The van der Waals surface area contributed by atoms with Crippen molar-refractivity contribution in [2.24, 2.45) is 5.92 Å². The molecule has 1 aliphatic carbocycles. The first-order valence-electron chi connectivity index (χ1n) is 20.6. The molecule has 2 aromatic heterocycles. The zero-order valence-electron chi connectivity index (χ0n) is 34.7. The number of fused-ring (bicyclic) bond motifs is 3. The minimum atomic E-state index is -4.36. The molecular formula is C43H52N8O8S2. The number of rotatable bonds is 11. The molecule has 3 aliphatic rings. The van der Waals surface area contributed by atoms with E-state index in [9.17, 15) is 27.6 Å². The van der Waals surface area contributed by atoms with E-state index in [-0.39, 0.29) is 49.2 Å². The molecule has 4 heterocycles. The van der Waals surface area contributed by atoms with Gasteiger partial charge >= 0.3 is 0 Å². The molecule has 1 saturated heterocycles. The van der Waals surface area contributed by atoms with E-state index in [2.05, 4.69) is 26.0 Å². The molecule has 1 saturated carbocycles. The molecule has 61 heavy (non-hydrogen) atoms. The Morgan fingerprint density at radius 3 is 2.67 bits per heavy atom. The Balaban J connectivity index is 1.18. The third-order valence-corrected chi connectivity index (χ3v) is 13.1. The van der Waals surface area contributed by atoms with Crippen LogP contribution < -0.4 is 35.5 Å². The standard InChI is InChI=1S/C43H52N8O8S2/c1-26(2)46-42-48-35(25-60-42)34-22-37(31-16-15-29(58-4)20-33(31)47-34)59-30-21-36(51(24-30)39(53)17-19-44-27(3)52)40(54)49-43-23-28(43)12-8-6-5-7-11-18-45-32-13-9-10-14-38(32)61(56,57)50-41(43)55/h8-10,12-16,20,22,25-26,28,30,36,45H,5-7,11,17-19,21,23-24H2,1-4H3,(H,44,52)(H,46,48)(H,49,54)(H,50,55)/t28-,30-,36+,43-/m1/s1. The van der Waals surface area contributed by atoms with Crippen LogP contribution in [0.3, 0.4) is 0 Å². The Kier molecular flexibility index (Phi) is 13.1. The van der Waals surface area contributed by atoms with E-state index >= 15 is 0 Å². The number of anilines is 2. The SMILES string of the molecule is COc1ccc2c(O[C@@H]3C[C@@H](C(=O)N[C@]45C[C@H]4C=CCCCCCNc4ccccc4S(=O)(=O)NC5=O)N(C(=O)CCNC(C)=O)C3)cc(-c3csc(NC(C)C)n3)nc2c1. The van der Waals surface area contributed by atoms with E-state index in [0.717, 1.165) is 30.8 Å². The minimum absolute atomic E-state index is 0.0200. The maximum Gasteiger partial charge on any atom is 0.266 e. The molecule has 5 N–H and O–H groups in total. The summed E-state index contributed by atoms with van der Waals surface area (Å²) in [5.41, 5.74) is 0.560. The van der Waals surface area contributed by atoms with E-state index in [0.29, 0.717) is 46.0 Å². The summed E-state index contributed by atoms with van der Waals surface area (Å²) in [5, 5.41) is 15.4. The number of carbonyl (C=O) groups is 4. The first kappa shape index (κ1) is 43.3. The van der Waals surface area contributed by atoms with Gasteiger partial charge in [0.05, 0.1) is 30.6 Å². The average Bonchev–Trinajstić information content (AvgIpc) is 3.48. The summed E-state index contributed by atoms with van der Waals surface area (Å²) in [7, 11) is -2.79. The van der Waals surface area contributed by atoms with Crippen LogP contribution in [0.2, 0.25) is 0 Å². The second kappa shape index (κ2) is 18.5. The molecule has 4 aromatic rings. The first-order valence-corrected chi connectivity index (χ1v) is 22.9. The Morgan fingerprint density at radius 2 is 1.89 bits per heavy atom. The van der Waals surface area contributed by atoms with Crippen molar-refractivity contribution in [3.8, 4) is 22.9 Å². The zero-order valence-corrected chi connectivity index (χ0v) is 36.3. The van der Waals surface area contributed by atoms with Crippen molar-refractivity contribution in [3.63, 3.8) is 0 Å². The molecule has 0 radical (unpaired) electrons. The fourth-order valence-corrected chi connectivity index (χ4v) is 9.83. The van der Waals surface area contributed by atoms with Crippen LogP contribution in [-0.4, -0.2) is 97.4 Å². The molecule has 2 fully saturated rings. The lowest BCUT2D eigenvalue weighted by atomic mass is 10.1. The summed E-state index contributed by atoms with van der Waals surface area (Å²) in [6.07, 6.45) is 6.69. The number of benzene rings is 2. The number of methoxy groups -OCH3 is 1. The number of carbonyl (C=O) groups excluding carboxylic acids is 4. The number of allylic oxidation sites excluding steroid dienone is 1. The number of nitrogens with one attached hydrogen (secondary N) is 5. The lowest BCUT2D eigenvalue weighted by molar-refractivity contribution is -0.139. The van der Waals surface area contributed by atoms with Gasteiger partial charge in [-0.3, -0.25) is 19.2 Å². The van der Waals surface area contributed by atoms with Crippen LogP contribution in [0.4, 0.5) is 10.8 Å². The summed E-state index contributed by atoms with van der Waals surface area (Å²) in [5.74, 6) is -1.63. The van der Waals surface area contributed by atoms with Crippen LogP contribution in [-0.2, 0) is 29.2 Å². The zero-order chi connectivity index (χ0) is 43.3. The number of likely N-dealkylation sites (tertiary alicyclic amines) is 1. The van der Waals surface area contributed by atoms with Crippen LogP contribution in [0.15, 0.2) is 71.0 Å². The van der Waals surface area contributed by atoms with Crippen molar-refractivity contribution < 1.29 is 37.1 Å². The molecule has 7 rings (SSSR count). The quantitative estimate of drug-likeness (QED) is 0.126. The van der Waals surface area contributed by atoms with Crippen molar-refractivity contribution in [2.75, 3.05) is 37.4 Å². The number of hydrogen-bond donors (Lipinski definition) is 5. The summed E-state index contributed by atoms with van der Waals surface area (Å²) >= 11 is 1.45. The van der Waals surface area contributed by atoms with Crippen molar-refractivity contribution in [1.29, 1.82) is 0 Å². The number of ether oxygens (including phenoxy) is 2. The largest absolute Gasteiger partial charge is 0.497 e. The molecule has 16 nitrogen and oxygen atoms in total. The van der Waals surface area contributed by atoms with Gasteiger partial charge in [-0.15, -0.1) is 11.3 Å². The highest BCUT2D eigenvalue weighted by molar-refractivity contribution is 7.90. The van der Waals surface area contributed by atoms with Crippen molar-refractivity contribution in [2.45, 2.75) is 94.3 Å². The predicted molar refractivity (Wildman–Crippen MR) is 233 cm³/mol. The monoisotopic (exact) mass is 872 g/mol. The highest BCUT2D eigenvalue weighted by atomic mass is 32.2. The second-order valence-corrected chi connectivity index (χ2v) is 18.4. The van der Waals surface area contributed by atoms with Gasteiger partial charge in [-0.25, -0.2) is 23.1 Å². The molecule has 4 amide bonds. The summed E-state index contributed by atoms with van der Waals surface area (Å²) < 4.78 is 42.0. The van der Waals surface area contributed by atoms with Crippen LogP contribution >= 0.6 is 11.3 Å².